The Hall–Kier alpha value is -2.34. The molecule has 0 aromatic heterocycles. The first-order valence-corrected chi connectivity index (χ1v) is 8.97. The highest BCUT2D eigenvalue weighted by atomic mass is 79.9. The molecule has 2 aromatic carbocycles. The smallest absolute Gasteiger partial charge is 0.277 e. The first kappa shape index (κ1) is 20.0. The summed E-state index contributed by atoms with van der Waals surface area (Å²) in [7, 11) is 1.58. The Morgan fingerprint density at radius 1 is 1.19 bits per heavy atom. The van der Waals surface area contributed by atoms with Crippen LogP contribution in [0.25, 0.3) is 0 Å². The standard InChI is InChI=1S/C20H23BrN2O3/c1-20(2,3)15-5-8-17(9-6-15)26-13-19(24)23-22-12-14-11-16(21)7-10-18(14)25-4/h5-12H,13H2,1-4H3,(H,23,24)/b22-12-. The van der Waals surface area contributed by atoms with Crippen LogP contribution < -0.4 is 14.9 Å². The summed E-state index contributed by atoms with van der Waals surface area (Å²) in [6, 6.07) is 13.3. The van der Waals surface area contributed by atoms with E-state index in [0.29, 0.717) is 11.5 Å². The lowest BCUT2D eigenvalue weighted by Crippen LogP contribution is -2.24. The Morgan fingerprint density at radius 2 is 1.88 bits per heavy atom. The van der Waals surface area contributed by atoms with Gasteiger partial charge < -0.3 is 9.47 Å². The average Bonchev–Trinajstić information content (AvgIpc) is 2.60. The predicted octanol–water partition coefficient (Wildman–Crippen LogP) is 4.28. The van der Waals surface area contributed by atoms with Crippen LogP contribution in [-0.4, -0.2) is 25.8 Å². The lowest BCUT2D eigenvalue weighted by Gasteiger charge is -2.19. The van der Waals surface area contributed by atoms with Crippen LogP contribution in [0.4, 0.5) is 0 Å². The Balaban J connectivity index is 1.87. The second-order valence-corrected chi connectivity index (χ2v) is 7.66. The van der Waals surface area contributed by atoms with Crippen LogP contribution >= 0.6 is 15.9 Å². The van der Waals surface area contributed by atoms with E-state index in [4.69, 9.17) is 9.47 Å². The zero-order valence-corrected chi connectivity index (χ0v) is 17.0. The van der Waals surface area contributed by atoms with Gasteiger partial charge in [0.05, 0.1) is 13.3 Å². The van der Waals surface area contributed by atoms with Gasteiger partial charge in [-0.25, -0.2) is 5.43 Å². The number of hydrazone groups is 1. The number of ether oxygens (including phenoxy) is 2. The SMILES string of the molecule is COc1ccc(Br)cc1/C=N\NC(=O)COc1ccc(C(C)(C)C)cc1. The molecule has 0 fully saturated rings. The maximum absolute atomic E-state index is 11.9. The lowest BCUT2D eigenvalue weighted by atomic mass is 9.87. The van der Waals surface area contributed by atoms with Gasteiger partial charge in [0, 0.05) is 10.0 Å². The summed E-state index contributed by atoms with van der Waals surface area (Å²) in [5.74, 6) is 0.974. The molecule has 0 saturated carbocycles. The fourth-order valence-corrected chi connectivity index (χ4v) is 2.59. The van der Waals surface area contributed by atoms with Gasteiger partial charge in [-0.1, -0.05) is 48.8 Å². The summed E-state index contributed by atoms with van der Waals surface area (Å²) >= 11 is 3.39. The Kier molecular flexibility index (Phi) is 6.80. The third-order valence-electron chi connectivity index (χ3n) is 3.67. The molecule has 0 saturated heterocycles. The van der Waals surface area contributed by atoms with E-state index in [0.717, 1.165) is 10.0 Å². The number of carbonyl (C=O) groups excluding carboxylic acids is 1. The van der Waals surface area contributed by atoms with Gasteiger partial charge in [-0.05, 0) is 41.3 Å². The molecule has 2 rings (SSSR count). The Bertz CT molecular complexity index is 781. The van der Waals surface area contributed by atoms with Gasteiger partial charge in [0.1, 0.15) is 11.5 Å². The average molecular weight is 419 g/mol. The number of methoxy groups -OCH3 is 1. The van der Waals surface area contributed by atoms with Crippen LogP contribution in [0.1, 0.15) is 31.9 Å². The zero-order chi connectivity index (χ0) is 19.2. The van der Waals surface area contributed by atoms with Gasteiger partial charge in [0.2, 0.25) is 0 Å². The van der Waals surface area contributed by atoms with Crippen LogP contribution in [0.3, 0.4) is 0 Å². The minimum Gasteiger partial charge on any atom is -0.496 e. The van der Waals surface area contributed by atoms with Crippen molar-refractivity contribution >= 4 is 28.1 Å². The van der Waals surface area contributed by atoms with Crippen LogP contribution in [0.2, 0.25) is 0 Å². The molecule has 5 nitrogen and oxygen atoms in total. The monoisotopic (exact) mass is 418 g/mol. The van der Waals surface area contributed by atoms with Crippen LogP contribution in [0.5, 0.6) is 11.5 Å². The largest absolute Gasteiger partial charge is 0.496 e. The van der Waals surface area contributed by atoms with Gasteiger partial charge in [-0.2, -0.15) is 5.10 Å². The van der Waals surface area contributed by atoms with E-state index < -0.39 is 0 Å². The molecule has 1 amide bonds. The summed E-state index contributed by atoms with van der Waals surface area (Å²) in [5.41, 5.74) is 4.48. The molecule has 138 valence electrons. The highest BCUT2D eigenvalue weighted by Gasteiger charge is 2.13. The second kappa shape index (κ2) is 8.85. The maximum atomic E-state index is 11.9. The number of halogens is 1. The summed E-state index contributed by atoms with van der Waals surface area (Å²) in [4.78, 5) is 11.9. The third-order valence-corrected chi connectivity index (χ3v) is 4.17. The molecule has 0 aliphatic rings. The molecule has 26 heavy (non-hydrogen) atoms. The molecule has 2 aromatic rings. The van der Waals surface area contributed by atoms with Crippen molar-refractivity contribution in [1.29, 1.82) is 0 Å². The summed E-state index contributed by atoms with van der Waals surface area (Å²) in [6.07, 6.45) is 1.53. The molecule has 0 aliphatic carbocycles. The van der Waals surface area contributed by atoms with Crippen molar-refractivity contribution in [2.75, 3.05) is 13.7 Å². The van der Waals surface area contributed by atoms with Gasteiger partial charge in [0.25, 0.3) is 5.91 Å². The molecular formula is C20H23BrN2O3. The first-order valence-electron chi connectivity index (χ1n) is 8.18. The van der Waals surface area contributed by atoms with E-state index in [-0.39, 0.29) is 17.9 Å². The quantitative estimate of drug-likeness (QED) is 0.562. The van der Waals surface area contributed by atoms with E-state index in [1.165, 1.54) is 11.8 Å². The second-order valence-electron chi connectivity index (χ2n) is 6.74. The molecule has 0 radical (unpaired) electrons. The zero-order valence-electron chi connectivity index (χ0n) is 15.4. The summed E-state index contributed by atoms with van der Waals surface area (Å²) in [5, 5.41) is 3.94. The highest BCUT2D eigenvalue weighted by molar-refractivity contribution is 9.10. The van der Waals surface area contributed by atoms with Crippen LogP contribution in [0.15, 0.2) is 52.0 Å². The molecule has 0 heterocycles. The molecule has 0 bridgehead atoms. The van der Waals surface area contributed by atoms with Crippen molar-refractivity contribution in [3.8, 4) is 11.5 Å². The van der Waals surface area contributed by atoms with E-state index in [1.807, 2.05) is 42.5 Å². The van der Waals surface area contributed by atoms with Gasteiger partial charge in [-0.3, -0.25) is 4.79 Å². The molecular weight excluding hydrogens is 396 g/mol. The normalized spacial score (nSPS) is 11.4. The molecule has 0 atom stereocenters. The lowest BCUT2D eigenvalue weighted by molar-refractivity contribution is -0.123. The number of hydrogen-bond donors (Lipinski definition) is 1. The van der Waals surface area contributed by atoms with Crippen LogP contribution in [0, 0.1) is 0 Å². The van der Waals surface area contributed by atoms with Crippen molar-refractivity contribution in [3.63, 3.8) is 0 Å². The van der Waals surface area contributed by atoms with Crippen molar-refractivity contribution in [1.82, 2.24) is 5.43 Å². The number of rotatable bonds is 6. The summed E-state index contributed by atoms with van der Waals surface area (Å²) in [6.45, 7) is 6.33. The number of carbonyl (C=O) groups is 1. The Labute approximate surface area is 162 Å². The van der Waals surface area contributed by atoms with E-state index in [9.17, 15) is 4.79 Å². The van der Waals surface area contributed by atoms with Gasteiger partial charge >= 0.3 is 0 Å². The number of nitrogens with one attached hydrogen (secondary N) is 1. The van der Waals surface area contributed by atoms with Crippen LogP contribution in [-0.2, 0) is 10.2 Å². The summed E-state index contributed by atoms with van der Waals surface area (Å²) < 4.78 is 11.6. The van der Waals surface area contributed by atoms with E-state index in [1.54, 1.807) is 7.11 Å². The molecule has 1 N–H and O–H groups in total. The number of nitrogens with zero attached hydrogens (tertiary/aromatic N) is 1. The molecule has 0 spiro atoms. The fraction of sp³-hybridized carbons (Fsp3) is 0.300. The number of amides is 1. The van der Waals surface area contributed by atoms with Crippen molar-refractivity contribution in [2.24, 2.45) is 5.10 Å². The van der Waals surface area contributed by atoms with Crippen molar-refractivity contribution in [3.05, 3.63) is 58.1 Å². The minimum atomic E-state index is -0.338. The third kappa shape index (κ3) is 5.88. The fourth-order valence-electron chi connectivity index (χ4n) is 2.21. The van der Waals surface area contributed by atoms with E-state index in [2.05, 4.69) is 47.2 Å². The highest BCUT2D eigenvalue weighted by Crippen LogP contribution is 2.24. The van der Waals surface area contributed by atoms with Gasteiger partial charge in [-0.15, -0.1) is 0 Å². The number of hydrogen-bond acceptors (Lipinski definition) is 4. The maximum Gasteiger partial charge on any atom is 0.277 e. The minimum absolute atomic E-state index is 0.0815. The topological polar surface area (TPSA) is 59.9 Å². The van der Waals surface area contributed by atoms with E-state index >= 15 is 0 Å². The molecule has 0 unspecified atom stereocenters. The van der Waals surface area contributed by atoms with Gasteiger partial charge in [0.15, 0.2) is 6.61 Å². The molecule has 6 heteroatoms. The van der Waals surface area contributed by atoms with Crippen molar-refractivity contribution < 1.29 is 14.3 Å². The predicted molar refractivity (Wildman–Crippen MR) is 107 cm³/mol. The van der Waals surface area contributed by atoms with Crippen molar-refractivity contribution in [2.45, 2.75) is 26.2 Å². The first-order chi connectivity index (χ1) is 12.3. The molecule has 0 aliphatic heterocycles. The number of benzene rings is 2. The Morgan fingerprint density at radius 3 is 2.50 bits per heavy atom.